The summed E-state index contributed by atoms with van der Waals surface area (Å²) >= 11 is 0. The molecular formula is C9H15N3O3. The molecule has 1 rings (SSSR count). The van der Waals surface area contributed by atoms with Crippen LogP contribution in [0.3, 0.4) is 0 Å². The van der Waals surface area contributed by atoms with E-state index in [0.29, 0.717) is 36.3 Å². The van der Waals surface area contributed by atoms with Crippen LogP contribution in [-0.4, -0.2) is 31.3 Å². The molecule has 1 heterocycles. The molecular weight excluding hydrogens is 198 g/mol. The SMILES string of the molecule is COCc1nc(COC)c(OC)nc1N. The lowest BCUT2D eigenvalue weighted by Gasteiger charge is -2.09. The van der Waals surface area contributed by atoms with Crippen LogP contribution in [-0.2, 0) is 22.7 Å². The smallest absolute Gasteiger partial charge is 0.239 e. The van der Waals surface area contributed by atoms with Crippen LogP contribution in [0.2, 0.25) is 0 Å². The molecule has 15 heavy (non-hydrogen) atoms. The highest BCUT2D eigenvalue weighted by Gasteiger charge is 2.11. The van der Waals surface area contributed by atoms with Gasteiger partial charge in [-0.25, -0.2) is 4.98 Å². The Balaban J connectivity index is 3.05. The molecule has 0 aliphatic carbocycles. The highest BCUT2D eigenvalue weighted by atomic mass is 16.5. The first-order valence-corrected chi connectivity index (χ1v) is 4.40. The van der Waals surface area contributed by atoms with Gasteiger partial charge in [-0.1, -0.05) is 0 Å². The van der Waals surface area contributed by atoms with Crippen molar-refractivity contribution in [2.24, 2.45) is 0 Å². The number of anilines is 1. The van der Waals surface area contributed by atoms with Crippen LogP contribution in [0.5, 0.6) is 5.88 Å². The van der Waals surface area contributed by atoms with Crippen molar-refractivity contribution in [2.45, 2.75) is 13.2 Å². The van der Waals surface area contributed by atoms with E-state index in [2.05, 4.69) is 9.97 Å². The maximum Gasteiger partial charge on any atom is 0.239 e. The fraction of sp³-hybridized carbons (Fsp3) is 0.556. The van der Waals surface area contributed by atoms with Crippen LogP contribution >= 0.6 is 0 Å². The molecule has 0 saturated heterocycles. The summed E-state index contributed by atoms with van der Waals surface area (Å²) in [5.41, 5.74) is 6.87. The highest BCUT2D eigenvalue weighted by molar-refractivity contribution is 5.38. The van der Waals surface area contributed by atoms with Gasteiger partial charge in [0.1, 0.15) is 11.4 Å². The van der Waals surface area contributed by atoms with Crippen molar-refractivity contribution < 1.29 is 14.2 Å². The standard InChI is InChI=1S/C9H15N3O3/c1-13-4-6-8(10)12-9(15-3)7(11-6)5-14-2/h4-5H2,1-3H3,(H2,10,12). The predicted octanol–water partition coefficient (Wildman–Crippen LogP) is 0.360. The molecule has 6 heteroatoms. The molecule has 84 valence electrons. The van der Waals surface area contributed by atoms with E-state index in [0.717, 1.165) is 0 Å². The van der Waals surface area contributed by atoms with E-state index in [1.165, 1.54) is 7.11 Å². The second-order valence-electron chi connectivity index (χ2n) is 2.88. The highest BCUT2D eigenvalue weighted by Crippen LogP contribution is 2.18. The van der Waals surface area contributed by atoms with Gasteiger partial charge >= 0.3 is 0 Å². The molecule has 0 aliphatic heterocycles. The Bertz CT molecular complexity index is 331. The molecule has 2 N–H and O–H groups in total. The van der Waals surface area contributed by atoms with Crippen molar-refractivity contribution >= 4 is 5.82 Å². The Morgan fingerprint density at radius 2 is 1.60 bits per heavy atom. The number of hydrogen-bond acceptors (Lipinski definition) is 6. The largest absolute Gasteiger partial charge is 0.480 e. The number of ether oxygens (including phenoxy) is 3. The third-order valence-electron chi connectivity index (χ3n) is 1.79. The molecule has 0 aliphatic rings. The first-order valence-electron chi connectivity index (χ1n) is 4.40. The quantitative estimate of drug-likeness (QED) is 0.760. The van der Waals surface area contributed by atoms with E-state index < -0.39 is 0 Å². The molecule has 0 saturated carbocycles. The summed E-state index contributed by atoms with van der Waals surface area (Å²) in [6, 6.07) is 0. The number of nitrogens with two attached hydrogens (primary N) is 1. The first-order chi connectivity index (χ1) is 7.22. The van der Waals surface area contributed by atoms with Crippen molar-refractivity contribution in [3.63, 3.8) is 0 Å². The summed E-state index contributed by atoms with van der Waals surface area (Å²) in [6.45, 7) is 0.646. The molecule has 0 unspecified atom stereocenters. The van der Waals surface area contributed by atoms with Gasteiger partial charge in [-0.15, -0.1) is 0 Å². The minimum Gasteiger partial charge on any atom is -0.480 e. The molecule has 1 aromatic rings. The Hall–Kier alpha value is -1.40. The second-order valence-corrected chi connectivity index (χ2v) is 2.88. The summed E-state index contributed by atoms with van der Waals surface area (Å²) in [5.74, 6) is 0.697. The van der Waals surface area contributed by atoms with Crippen LogP contribution in [0.15, 0.2) is 0 Å². The first kappa shape index (κ1) is 11.7. The zero-order valence-corrected chi connectivity index (χ0v) is 9.11. The van der Waals surface area contributed by atoms with Crippen LogP contribution in [0.4, 0.5) is 5.82 Å². The lowest BCUT2D eigenvalue weighted by molar-refractivity contribution is 0.170. The second kappa shape index (κ2) is 5.47. The van der Waals surface area contributed by atoms with Crippen molar-refractivity contribution in [3.8, 4) is 5.88 Å². The van der Waals surface area contributed by atoms with Crippen molar-refractivity contribution in [2.75, 3.05) is 27.1 Å². The third-order valence-corrected chi connectivity index (χ3v) is 1.79. The lowest BCUT2D eigenvalue weighted by Crippen LogP contribution is -2.08. The summed E-state index contributed by atoms with van der Waals surface area (Å²) in [7, 11) is 4.66. The summed E-state index contributed by atoms with van der Waals surface area (Å²) in [5, 5.41) is 0. The Morgan fingerprint density at radius 3 is 2.13 bits per heavy atom. The number of aromatic nitrogens is 2. The van der Waals surface area contributed by atoms with Gasteiger partial charge in [0, 0.05) is 14.2 Å². The van der Waals surface area contributed by atoms with Crippen molar-refractivity contribution in [3.05, 3.63) is 11.4 Å². The number of nitrogens with zero attached hydrogens (tertiary/aromatic N) is 2. The lowest BCUT2D eigenvalue weighted by atomic mass is 10.3. The van der Waals surface area contributed by atoms with Gasteiger partial charge < -0.3 is 19.9 Å². The molecule has 6 nitrogen and oxygen atoms in total. The van der Waals surface area contributed by atoms with Gasteiger partial charge in [-0.05, 0) is 0 Å². The fourth-order valence-corrected chi connectivity index (χ4v) is 1.14. The van der Waals surface area contributed by atoms with E-state index in [9.17, 15) is 0 Å². The summed E-state index contributed by atoms with van der Waals surface area (Å²) in [4.78, 5) is 8.32. The molecule has 0 amide bonds. The molecule has 0 aromatic carbocycles. The van der Waals surface area contributed by atoms with Crippen molar-refractivity contribution in [1.29, 1.82) is 0 Å². The summed E-state index contributed by atoms with van der Waals surface area (Å²) in [6.07, 6.45) is 0. The Kier molecular flexibility index (Phi) is 4.26. The maximum absolute atomic E-state index is 5.67. The van der Waals surface area contributed by atoms with Gasteiger partial charge in [-0.3, -0.25) is 0 Å². The van der Waals surface area contributed by atoms with Crippen LogP contribution in [0.1, 0.15) is 11.4 Å². The van der Waals surface area contributed by atoms with E-state index in [1.807, 2.05) is 0 Å². The summed E-state index contributed by atoms with van der Waals surface area (Å²) < 4.78 is 15.0. The van der Waals surface area contributed by atoms with Gasteiger partial charge in [-0.2, -0.15) is 4.98 Å². The number of methoxy groups -OCH3 is 3. The maximum atomic E-state index is 5.67. The van der Waals surface area contributed by atoms with Crippen LogP contribution < -0.4 is 10.5 Å². The average Bonchev–Trinajstić information content (AvgIpc) is 2.23. The van der Waals surface area contributed by atoms with Gasteiger partial charge in [0.15, 0.2) is 5.82 Å². The molecule has 0 fully saturated rings. The van der Waals surface area contributed by atoms with Gasteiger partial charge in [0.2, 0.25) is 5.88 Å². The normalized spacial score (nSPS) is 10.3. The van der Waals surface area contributed by atoms with Crippen LogP contribution in [0, 0.1) is 0 Å². The number of nitrogen functional groups attached to an aromatic ring is 1. The van der Waals surface area contributed by atoms with Gasteiger partial charge in [0.05, 0.1) is 20.3 Å². The number of rotatable bonds is 5. The molecule has 0 bridgehead atoms. The average molecular weight is 213 g/mol. The zero-order valence-electron chi connectivity index (χ0n) is 9.11. The van der Waals surface area contributed by atoms with Gasteiger partial charge in [0.25, 0.3) is 0 Å². The minimum absolute atomic E-state index is 0.313. The molecule has 0 radical (unpaired) electrons. The number of hydrogen-bond donors (Lipinski definition) is 1. The zero-order chi connectivity index (χ0) is 11.3. The third kappa shape index (κ3) is 2.77. The van der Waals surface area contributed by atoms with E-state index in [4.69, 9.17) is 19.9 Å². The monoisotopic (exact) mass is 213 g/mol. The molecule has 1 aromatic heterocycles. The molecule has 0 spiro atoms. The van der Waals surface area contributed by atoms with Crippen molar-refractivity contribution in [1.82, 2.24) is 9.97 Å². The van der Waals surface area contributed by atoms with E-state index in [-0.39, 0.29) is 0 Å². The Labute approximate surface area is 88.4 Å². The topological polar surface area (TPSA) is 79.5 Å². The van der Waals surface area contributed by atoms with Crippen LogP contribution in [0.25, 0.3) is 0 Å². The fourth-order valence-electron chi connectivity index (χ4n) is 1.14. The van der Waals surface area contributed by atoms with E-state index >= 15 is 0 Å². The Morgan fingerprint density at radius 1 is 1.00 bits per heavy atom. The minimum atomic E-state index is 0.313. The predicted molar refractivity (Wildman–Crippen MR) is 54.4 cm³/mol. The van der Waals surface area contributed by atoms with E-state index in [1.54, 1.807) is 14.2 Å². The molecule has 0 atom stereocenters.